The number of carbonyl (C=O) groups is 2. The van der Waals surface area contributed by atoms with Gasteiger partial charge in [0.1, 0.15) is 33.5 Å². The van der Waals surface area contributed by atoms with Gasteiger partial charge in [0, 0.05) is 11.1 Å². The van der Waals surface area contributed by atoms with Crippen molar-refractivity contribution in [1.82, 2.24) is 0 Å². The minimum Gasteiger partial charge on any atom is -0.333 e. The summed E-state index contributed by atoms with van der Waals surface area (Å²) in [5.41, 5.74) is -0.713. The van der Waals surface area contributed by atoms with E-state index in [4.69, 9.17) is 48.9 Å². The van der Waals surface area contributed by atoms with E-state index in [0.717, 1.165) is 0 Å². The van der Waals surface area contributed by atoms with E-state index in [-0.39, 0.29) is 34.1 Å². The summed E-state index contributed by atoms with van der Waals surface area (Å²) in [4.78, 5) is 81.6. The van der Waals surface area contributed by atoms with Crippen LogP contribution in [-0.2, 0) is 29.3 Å². The molecule has 0 atom stereocenters. The van der Waals surface area contributed by atoms with E-state index < -0.39 is 34.3 Å². The van der Waals surface area contributed by atoms with Crippen molar-refractivity contribution in [3.63, 3.8) is 0 Å². The van der Waals surface area contributed by atoms with Gasteiger partial charge in [0.2, 0.25) is 23.0 Å². The number of hydrogen-bond acceptors (Lipinski definition) is 12. The Labute approximate surface area is 272 Å². The molecule has 12 nitrogen and oxygen atoms in total. The third-order valence-corrected chi connectivity index (χ3v) is 5.62. The quantitative estimate of drug-likeness (QED) is 0.181. The molecule has 0 radical (unpaired) electrons. The van der Waals surface area contributed by atoms with Gasteiger partial charge in [-0.1, -0.05) is 0 Å². The summed E-state index contributed by atoms with van der Waals surface area (Å²) >= 11 is 0. The van der Waals surface area contributed by atoms with E-state index in [1.165, 1.54) is 12.1 Å². The van der Waals surface area contributed by atoms with Crippen LogP contribution in [0.15, 0.2) is 12.1 Å². The van der Waals surface area contributed by atoms with Crippen LogP contribution in [-0.4, -0.2) is 34.3 Å². The van der Waals surface area contributed by atoms with E-state index in [1.54, 1.807) is 111 Å². The van der Waals surface area contributed by atoms with Gasteiger partial charge in [-0.3, -0.25) is 0 Å². The number of hydrogen-bond donors (Lipinski definition) is 0. The molecule has 0 fully saturated rings. The Morgan fingerprint density at radius 3 is 0.913 bits per heavy atom. The lowest BCUT2D eigenvalue weighted by atomic mass is 10.0. The first-order valence-electron chi connectivity index (χ1n) is 14.9. The lowest BCUT2D eigenvalue weighted by Crippen LogP contribution is -2.25. The Hall–Kier alpha value is -3.58. The molecule has 0 spiro atoms. The maximum atomic E-state index is 13.5. The molecule has 0 heterocycles. The van der Waals surface area contributed by atoms with Crippen LogP contribution in [0.3, 0.4) is 0 Å². The topological polar surface area (TPSA) is 126 Å². The van der Waals surface area contributed by atoms with Crippen LogP contribution in [0.4, 0.5) is 0 Å². The van der Waals surface area contributed by atoms with Gasteiger partial charge in [-0.2, -0.15) is 19.6 Å². The molecule has 0 unspecified atom stereocenters. The van der Waals surface area contributed by atoms with Crippen LogP contribution < -0.4 is 19.6 Å². The Kier molecular flexibility index (Phi) is 12.1. The van der Waals surface area contributed by atoms with Crippen molar-refractivity contribution in [2.75, 3.05) is 0 Å². The van der Waals surface area contributed by atoms with Crippen molar-refractivity contribution in [3.8, 4) is 23.0 Å². The third kappa shape index (κ3) is 11.7. The molecule has 0 bridgehead atoms. The molecule has 2 rings (SSSR count). The Morgan fingerprint density at radius 1 is 0.435 bits per heavy atom. The average molecular weight is 651 g/mol. The van der Waals surface area contributed by atoms with E-state index in [1.807, 2.05) is 0 Å². The number of carbonyl (C=O) groups excluding carboxylic acids is 2. The summed E-state index contributed by atoms with van der Waals surface area (Å²) in [6.07, 6.45) is 0. The summed E-state index contributed by atoms with van der Waals surface area (Å²) in [5, 5.41) is 0. The number of rotatable bonds is 10. The highest BCUT2D eigenvalue weighted by Crippen LogP contribution is 2.41. The first-order valence-corrected chi connectivity index (χ1v) is 14.9. The maximum absolute atomic E-state index is 13.5. The smallest absolute Gasteiger partial charge is 0.333 e. The number of benzene rings is 2. The second-order valence-electron chi connectivity index (χ2n) is 14.9. The van der Waals surface area contributed by atoms with Gasteiger partial charge in [0.15, 0.2) is 0 Å². The molecule has 0 saturated carbocycles. The molecular weight excluding hydrogens is 600 g/mol. The van der Waals surface area contributed by atoms with Crippen molar-refractivity contribution in [2.24, 2.45) is 0 Å². The van der Waals surface area contributed by atoms with Crippen LogP contribution in [0.5, 0.6) is 23.0 Å². The van der Waals surface area contributed by atoms with Crippen LogP contribution in [0, 0.1) is 27.7 Å². The first kappa shape index (κ1) is 38.6. The zero-order chi connectivity index (χ0) is 35.4. The molecule has 0 aliphatic heterocycles. The standard InChI is InChI=1S/C34H50O12/c1-19-17-23(27(39-45-33(11,12)13)25(21(19)3)37-43-31(5,6)7)29(35)41-42-30(36)24-18-20(2)22(4)26(38-44-32(8,9)10)28(24)40-46-34(14,15)16/h17-18H,1-16H3. The highest BCUT2D eigenvalue weighted by Gasteiger charge is 2.32. The molecule has 0 N–H and O–H groups in total. The van der Waals surface area contributed by atoms with E-state index in [0.29, 0.717) is 22.3 Å². The highest BCUT2D eigenvalue weighted by atomic mass is 17.2. The van der Waals surface area contributed by atoms with Gasteiger partial charge in [0.25, 0.3) is 0 Å². The number of aryl methyl sites for hydroxylation is 2. The lowest BCUT2D eigenvalue weighted by molar-refractivity contribution is -0.293. The van der Waals surface area contributed by atoms with Gasteiger partial charge >= 0.3 is 11.9 Å². The van der Waals surface area contributed by atoms with Crippen LogP contribution >= 0.6 is 0 Å². The molecule has 0 aliphatic rings. The van der Waals surface area contributed by atoms with Crippen LogP contribution in [0.1, 0.15) is 126 Å². The fraction of sp³-hybridized carbons (Fsp3) is 0.588. The Morgan fingerprint density at radius 2 is 0.674 bits per heavy atom. The van der Waals surface area contributed by atoms with E-state index in [2.05, 4.69) is 0 Å². The summed E-state index contributed by atoms with van der Waals surface area (Å²) in [5.74, 6) is -2.24. The Bertz CT molecular complexity index is 1290. The molecule has 0 aromatic heterocycles. The van der Waals surface area contributed by atoms with Gasteiger partial charge in [-0.25, -0.2) is 19.4 Å². The molecule has 258 valence electrons. The molecule has 0 amide bonds. The molecule has 12 heteroatoms. The molecule has 2 aromatic carbocycles. The van der Waals surface area contributed by atoms with E-state index in [9.17, 15) is 9.59 Å². The fourth-order valence-electron chi connectivity index (χ4n) is 3.23. The van der Waals surface area contributed by atoms with Crippen LogP contribution in [0.2, 0.25) is 0 Å². The minimum absolute atomic E-state index is 0.0854. The average Bonchev–Trinajstić information content (AvgIpc) is 2.88. The predicted octanol–water partition coefficient (Wildman–Crippen LogP) is 8.28. The minimum atomic E-state index is -1.07. The summed E-state index contributed by atoms with van der Waals surface area (Å²) in [7, 11) is 0. The van der Waals surface area contributed by atoms with Gasteiger partial charge in [-0.05, 0) is 134 Å². The van der Waals surface area contributed by atoms with Gasteiger partial charge in [0.05, 0.1) is 0 Å². The Balaban J connectivity index is 2.53. The largest absolute Gasteiger partial charge is 0.390 e. The van der Waals surface area contributed by atoms with Gasteiger partial charge < -0.3 is 19.6 Å². The molecule has 0 aliphatic carbocycles. The lowest BCUT2D eigenvalue weighted by Gasteiger charge is -2.24. The SMILES string of the molecule is Cc1cc(C(=O)OOC(=O)c2cc(C)c(C)c(OOC(C)(C)C)c2OOC(C)(C)C)c(OOC(C)(C)C)c(OOC(C)(C)C)c1C. The molecule has 0 saturated heterocycles. The first-order chi connectivity index (χ1) is 20.8. The van der Waals surface area contributed by atoms with Crippen LogP contribution in [0.25, 0.3) is 0 Å². The summed E-state index contributed by atoms with van der Waals surface area (Å²) < 4.78 is 0. The maximum Gasteiger partial charge on any atom is 0.390 e. The summed E-state index contributed by atoms with van der Waals surface area (Å²) in [6, 6.07) is 2.99. The van der Waals surface area contributed by atoms with E-state index >= 15 is 0 Å². The normalized spacial score (nSPS) is 12.4. The molecule has 2 aromatic rings. The fourth-order valence-corrected chi connectivity index (χ4v) is 3.23. The van der Waals surface area contributed by atoms with Crippen molar-refractivity contribution < 1.29 is 58.5 Å². The van der Waals surface area contributed by atoms with Crippen molar-refractivity contribution in [2.45, 2.75) is 133 Å². The van der Waals surface area contributed by atoms with Gasteiger partial charge in [-0.15, -0.1) is 0 Å². The second kappa shape index (κ2) is 14.5. The van der Waals surface area contributed by atoms with Crippen molar-refractivity contribution >= 4 is 11.9 Å². The van der Waals surface area contributed by atoms with Crippen molar-refractivity contribution in [3.05, 3.63) is 45.5 Å². The molecular formula is C34H50O12. The zero-order valence-corrected chi connectivity index (χ0v) is 30.1. The predicted molar refractivity (Wildman–Crippen MR) is 169 cm³/mol. The highest BCUT2D eigenvalue weighted by molar-refractivity contribution is 5.97. The molecule has 46 heavy (non-hydrogen) atoms. The third-order valence-electron chi connectivity index (χ3n) is 5.62. The monoisotopic (exact) mass is 650 g/mol. The second-order valence-corrected chi connectivity index (χ2v) is 14.9. The van der Waals surface area contributed by atoms with Crippen molar-refractivity contribution in [1.29, 1.82) is 0 Å². The zero-order valence-electron chi connectivity index (χ0n) is 30.1. The summed E-state index contributed by atoms with van der Waals surface area (Å²) in [6.45, 7) is 28.4.